The van der Waals surface area contributed by atoms with Crippen LogP contribution in [0.2, 0.25) is 0 Å². The van der Waals surface area contributed by atoms with Crippen molar-refractivity contribution in [3.63, 3.8) is 0 Å². The molecule has 0 saturated heterocycles. The second kappa shape index (κ2) is 18.2. The number of aromatic nitrogens is 6. The van der Waals surface area contributed by atoms with Gasteiger partial charge in [0, 0.05) is 44.2 Å². The van der Waals surface area contributed by atoms with Gasteiger partial charge in [-0.25, -0.2) is 24.9 Å². The SMILES string of the molecule is N#Cc1ccccc1-c1ccc2c(c1)c1cc(-c3ccccc3C#N)ccc1n2-c1ccc(-c2nc(-c3ccccc3)nc(-c3ccccc3)n2)cc1-c1nc(-c2ccccc2)cc(-c2ccccc2)n1. The maximum atomic E-state index is 10.2. The Morgan fingerprint density at radius 1 is 0.296 bits per heavy atom. The fourth-order valence-corrected chi connectivity index (χ4v) is 9.35. The molecule has 12 rings (SSSR count). The van der Waals surface area contributed by atoms with E-state index in [0.29, 0.717) is 34.4 Å². The first kappa shape index (κ1) is 42.2. The van der Waals surface area contributed by atoms with Crippen molar-refractivity contribution in [2.75, 3.05) is 0 Å². The number of nitriles is 2. The molecule has 0 radical (unpaired) electrons. The third-order valence-electron chi connectivity index (χ3n) is 12.8. The van der Waals surface area contributed by atoms with Gasteiger partial charge in [-0.2, -0.15) is 10.5 Å². The summed E-state index contributed by atoms with van der Waals surface area (Å²) in [5.74, 6) is 2.12. The van der Waals surface area contributed by atoms with Crippen molar-refractivity contribution in [3.8, 4) is 108 Å². The summed E-state index contributed by atoms with van der Waals surface area (Å²) >= 11 is 0. The van der Waals surface area contributed by atoms with E-state index in [2.05, 4.69) is 95.6 Å². The van der Waals surface area contributed by atoms with Crippen LogP contribution in [0.1, 0.15) is 11.1 Å². The van der Waals surface area contributed by atoms with Gasteiger partial charge in [0.1, 0.15) is 0 Å². The van der Waals surface area contributed by atoms with Crippen LogP contribution in [0.4, 0.5) is 0 Å². The predicted octanol–water partition coefficient (Wildman–Crippen LogP) is 14.8. The summed E-state index contributed by atoms with van der Waals surface area (Å²) in [6, 6.07) is 81.5. The van der Waals surface area contributed by atoms with Crippen LogP contribution in [0, 0.1) is 22.7 Å². The molecule has 0 fully saturated rings. The summed E-state index contributed by atoms with van der Waals surface area (Å²) < 4.78 is 2.27. The highest BCUT2D eigenvalue weighted by Gasteiger charge is 2.23. The van der Waals surface area contributed by atoms with E-state index in [0.717, 1.165) is 94.5 Å². The first-order valence-corrected chi connectivity index (χ1v) is 23.2. The first-order valence-electron chi connectivity index (χ1n) is 23.2. The monoisotopic (exact) mass is 906 g/mol. The van der Waals surface area contributed by atoms with Crippen LogP contribution in [-0.2, 0) is 0 Å². The van der Waals surface area contributed by atoms with E-state index < -0.39 is 0 Å². The molecule has 9 aromatic carbocycles. The molecule has 3 heterocycles. The molecule has 71 heavy (non-hydrogen) atoms. The second-order valence-corrected chi connectivity index (χ2v) is 17.1. The van der Waals surface area contributed by atoms with Crippen LogP contribution in [0.5, 0.6) is 0 Å². The topological polar surface area (TPSA) is 117 Å². The predicted molar refractivity (Wildman–Crippen MR) is 283 cm³/mol. The van der Waals surface area contributed by atoms with Crippen molar-refractivity contribution in [1.29, 1.82) is 10.5 Å². The van der Waals surface area contributed by atoms with Gasteiger partial charge in [0.2, 0.25) is 0 Å². The van der Waals surface area contributed by atoms with Gasteiger partial charge in [-0.05, 0) is 82.9 Å². The van der Waals surface area contributed by atoms with E-state index in [1.807, 2.05) is 152 Å². The van der Waals surface area contributed by atoms with Gasteiger partial charge < -0.3 is 4.57 Å². The standard InChI is InChI=1S/C63H38N8/c64-39-48-25-13-15-27-50(48)45-29-32-57-52(35-45)53-36-46(51-28-16-14-26-49(51)40-65)30-33-58(53)71(57)59-34-31-47(62-69-60(43-21-9-3-10-22-43)68-61(70-62)44-23-11-4-12-24-44)37-54(59)63-66-55(41-17-5-1-6-18-41)38-56(67-63)42-19-7-2-8-20-42/h1-38H. The number of hydrogen-bond donors (Lipinski definition) is 0. The highest BCUT2D eigenvalue weighted by atomic mass is 15.0. The Hall–Kier alpha value is -10.2. The van der Waals surface area contributed by atoms with Gasteiger partial charge in [0.15, 0.2) is 23.3 Å². The number of fused-ring (bicyclic) bond motifs is 3. The van der Waals surface area contributed by atoms with Crippen LogP contribution in [-0.4, -0.2) is 29.5 Å². The molecule has 0 unspecified atom stereocenters. The third-order valence-corrected chi connectivity index (χ3v) is 12.8. The lowest BCUT2D eigenvalue weighted by Gasteiger charge is -2.17. The lowest BCUT2D eigenvalue weighted by molar-refractivity contribution is 1.07. The van der Waals surface area contributed by atoms with Crippen LogP contribution in [0.25, 0.3) is 118 Å². The molecule has 0 amide bonds. The van der Waals surface area contributed by atoms with Crippen LogP contribution < -0.4 is 0 Å². The molecule has 0 aliphatic heterocycles. The highest BCUT2D eigenvalue weighted by Crippen LogP contribution is 2.42. The van der Waals surface area contributed by atoms with E-state index in [1.54, 1.807) is 0 Å². The molecule has 0 aliphatic rings. The highest BCUT2D eigenvalue weighted by molar-refractivity contribution is 6.12. The quantitative estimate of drug-likeness (QED) is 0.142. The zero-order valence-corrected chi connectivity index (χ0v) is 38.0. The molecule has 0 aliphatic carbocycles. The summed E-state index contributed by atoms with van der Waals surface area (Å²) in [5.41, 5.74) is 14.1. The summed E-state index contributed by atoms with van der Waals surface area (Å²) in [4.78, 5) is 26.1. The van der Waals surface area contributed by atoms with Crippen molar-refractivity contribution in [1.82, 2.24) is 29.5 Å². The number of hydrogen-bond acceptors (Lipinski definition) is 7. The maximum Gasteiger partial charge on any atom is 0.164 e. The summed E-state index contributed by atoms with van der Waals surface area (Å²) in [6.07, 6.45) is 0. The van der Waals surface area contributed by atoms with Crippen molar-refractivity contribution in [2.24, 2.45) is 0 Å². The molecule has 330 valence electrons. The van der Waals surface area contributed by atoms with Gasteiger partial charge >= 0.3 is 0 Å². The van der Waals surface area contributed by atoms with Crippen LogP contribution >= 0.6 is 0 Å². The maximum absolute atomic E-state index is 10.2. The number of rotatable bonds is 9. The number of nitrogens with zero attached hydrogens (tertiary/aromatic N) is 8. The Balaban J connectivity index is 1.16. The minimum Gasteiger partial charge on any atom is -0.308 e. The average molecular weight is 907 g/mol. The molecular formula is C63H38N8. The van der Waals surface area contributed by atoms with Crippen LogP contribution in [0.3, 0.4) is 0 Å². The fourth-order valence-electron chi connectivity index (χ4n) is 9.35. The third kappa shape index (κ3) is 7.94. The van der Waals surface area contributed by atoms with Crippen molar-refractivity contribution >= 4 is 21.8 Å². The van der Waals surface area contributed by atoms with Gasteiger partial charge in [-0.15, -0.1) is 0 Å². The smallest absolute Gasteiger partial charge is 0.164 e. The Morgan fingerprint density at radius 3 is 1.14 bits per heavy atom. The van der Waals surface area contributed by atoms with E-state index in [9.17, 15) is 10.5 Å². The number of benzene rings is 9. The normalized spacial score (nSPS) is 11.1. The largest absolute Gasteiger partial charge is 0.308 e. The molecule has 0 atom stereocenters. The Labute approximate surface area is 409 Å². The Bertz CT molecular complexity index is 3830. The van der Waals surface area contributed by atoms with E-state index in [-0.39, 0.29) is 0 Å². The first-order chi connectivity index (χ1) is 35.1. The second-order valence-electron chi connectivity index (χ2n) is 17.1. The lowest BCUT2D eigenvalue weighted by atomic mass is 9.96. The minimum absolute atomic E-state index is 0.497. The van der Waals surface area contributed by atoms with E-state index >= 15 is 0 Å². The van der Waals surface area contributed by atoms with Gasteiger partial charge in [-0.3, -0.25) is 0 Å². The molecule has 0 saturated carbocycles. The van der Waals surface area contributed by atoms with E-state index in [4.69, 9.17) is 24.9 Å². The van der Waals surface area contributed by atoms with Crippen molar-refractivity contribution in [3.05, 3.63) is 242 Å². The molecule has 0 spiro atoms. The van der Waals surface area contributed by atoms with Gasteiger partial charge in [0.25, 0.3) is 0 Å². The molecule has 8 heteroatoms. The van der Waals surface area contributed by atoms with Gasteiger partial charge in [0.05, 0.1) is 51.4 Å². The zero-order chi connectivity index (χ0) is 47.7. The minimum atomic E-state index is 0.497. The van der Waals surface area contributed by atoms with Crippen LogP contribution in [0.15, 0.2) is 231 Å². The van der Waals surface area contributed by atoms with Gasteiger partial charge in [-0.1, -0.05) is 170 Å². The summed E-state index contributed by atoms with van der Waals surface area (Å²) in [6.45, 7) is 0. The van der Waals surface area contributed by atoms with Crippen molar-refractivity contribution < 1.29 is 0 Å². The fraction of sp³-hybridized carbons (Fsp3) is 0. The summed E-state index contributed by atoms with van der Waals surface area (Å²) in [5, 5.41) is 22.3. The average Bonchev–Trinajstić information content (AvgIpc) is 3.78. The molecule has 0 bridgehead atoms. The Morgan fingerprint density at radius 2 is 0.690 bits per heavy atom. The molecule has 3 aromatic heterocycles. The molecular weight excluding hydrogens is 869 g/mol. The molecule has 0 N–H and O–H groups in total. The van der Waals surface area contributed by atoms with E-state index in [1.165, 1.54) is 0 Å². The Kier molecular flexibility index (Phi) is 10.8. The molecule has 12 aromatic rings. The lowest BCUT2D eigenvalue weighted by Crippen LogP contribution is -2.04. The zero-order valence-electron chi connectivity index (χ0n) is 38.0. The van der Waals surface area contributed by atoms with Crippen molar-refractivity contribution in [2.45, 2.75) is 0 Å². The molecule has 8 nitrogen and oxygen atoms in total. The summed E-state index contributed by atoms with van der Waals surface area (Å²) in [7, 11) is 0.